The van der Waals surface area contributed by atoms with E-state index in [1.54, 1.807) is 0 Å². The normalized spacial score (nSPS) is 16.8. The highest BCUT2D eigenvalue weighted by atomic mass is 35.5. The van der Waals surface area contributed by atoms with Gasteiger partial charge in [-0.15, -0.1) is 0 Å². The lowest BCUT2D eigenvalue weighted by atomic mass is 10.2. The highest BCUT2D eigenvalue weighted by molar-refractivity contribution is 7.89. The summed E-state index contributed by atoms with van der Waals surface area (Å²) in [5, 5.41) is 2.32. The van der Waals surface area contributed by atoms with Crippen molar-refractivity contribution in [3.05, 3.63) is 46.9 Å². The molecule has 1 aliphatic heterocycles. The molecule has 0 aliphatic carbocycles. The molecular formula is C17H17ClFN3O5S. The smallest absolute Gasteiger partial charge is 0.260 e. The van der Waals surface area contributed by atoms with Crippen LogP contribution < -0.4 is 14.8 Å². The van der Waals surface area contributed by atoms with Crippen molar-refractivity contribution in [2.75, 3.05) is 25.6 Å². The monoisotopic (exact) mass is 429 g/mol. The summed E-state index contributed by atoms with van der Waals surface area (Å²) in [7, 11) is -2.52. The fourth-order valence-electron chi connectivity index (χ4n) is 2.63. The van der Waals surface area contributed by atoms with Gasteiger partial charge in [-0.05, 0) is 30.7 Å². The largest absolute Gasteiger partial charge is 0.496 e. The first-order chi connectivity index (χ1) is 13.3. The Kier molecular flexibility index (Phi) is 6.14. The highest BCUT2D eigenvalue weighted by Gasteiger charge is 2.25. The van der Waals surface area contributed by atoms with E-state index in [1.807, 2.05) is 0 Å². The van der Waals surface area contributed by atoms with Crippen molar-refractivity contribution in [3.63, 3.8) is 0 Å². The van der Waals surface area contributed by atoms with Gasteiger partial charge in [0.2, 0.25) is 10.0 Å². The Morgan fingerprint density at radius 3 is 2.82 bits per heavy atom. The number of aromatic nitrogens is 1. The summed E-state index contributed by atoms with van der Waals surface area (Å²) in [5.41, 5.74) is -0.0461. The lowest BCUT2D eigenvalue weighted by molar-refractivity contribution is 0.102. The zero-order chi connectivity index (χ0) is 20.3. The zero-order valence-corrected chi connectivity index (χ0v) is 16.3. The van der Waals surface area contributed by atoms with Crippen LogP contribution in [0.4, 0.5) is 10.2 Å². The van der Waals surface area contributed by atoms with Gasteiger partial charge >= 0.3 is 0 Å². The van der Waals surface area contributed by atoms with Gasteiger partial charge in [0.25, 0.3) is 5.91 Å². The molecule has 8 nitrogen and oxygen atoms in total. The molecule has 1 aliphatic rings. The first-order valence-electron chi connectivity index (χ1n) is 8.20. The number of ether oxygens (including phenoxy) is 2. The van der Waals surface area contributed by atoms with Crippen LogP contribution in [-0.4, -0.2) is 45.7 Å². The molecule has 1 atom stereocenters. The minimum Gasteiger partial charge on any atom is -0.496 e. The third-order valence-electron chi connectivity index (χ3n) is 4.02. The van der Waals surface area contributed by atoms with Crippen molar-refractivity contribution in [2.24, 2.45) is 0 Å². The molecule has 1 amide bonds. The third-order valence-corrected chi connectivity index (χ3v) is 5.82. The van der Waals surface area contributed by atoms with Crippen molar-refractivity contribution in [1.82, 2.24) is 9.71 Å². The summed E-state index contributed by atoms with van der Waals surface area (Å²) in [6, 6.07) is 4.55. The number of hydrogen-bond donors (Lipinski definition) is 2. The van der Waals surface area contributed by atoms with E-state index < -0.39 is 21.7 Å². The van der Waals surface area contributed by atoms with E-state index >= 15 is 0 Å². The molecule has 2 aromatic rings. The van der Waals surface area contributed by atoms with Gasteiger partial charge < -0.3 is 14.8 Å². The van der Waals surface area contributed by atoms with Crippen LogP contribution in [0.2, 0.25) is 5.02 Å². The van der Waals surface area contributed by atoms with E-state index in [2.05, 4.69) is 15.0 Å². The van der Waals surface area contributed by atoms with Crippen LogP contribution in [0.1, 0.15) is 16.8 Å². The molecule has 1 unspecified atom stereocenters. The molecule has 1 aromatic carbocycles. The number of carbonyl (C=O) groups excluding carboxylic acids is 1. The fourth-order valence-corrected chi connectivity index (χ4v) is 4.11. The van der Waals surface area contributed by atoms with Crippen LogP contribution in [0.25, 0.3) is 0 Å². The number of hydrogen-bond acceptors (Lipinski definition) is 6. The maximum atomic E-state index is 13.1. The van der Waals surface area contributed by atoms with E-state index in [0.717, 1.165) is 12.3 Å². The van der Waals surface area contributed by atoms with Crippen LogP contribution in [0, 0.1) is 5.82 Å². The molecule has 0 bridgehead atoms. The Labute approximate surface area is 166 Å². The summed E-state index contributed by atoms with van der Waals surface area (Å²) in [5.74, 6) is -1.28. The second-order valence-electron chi connectivity index (χ2n) is 5.98. The molecule has 28 heavy (non-hydrogen) atoms. The van der Waals surface area contributed by atoms with Crippen LogP contribution in [0.3, 0.4) is 0 Å². The first-order valence-corrected chi connectivity index (χ1v) is 10.1. The van der Waals surface area contributed by atoms with Gasteiger partial charge in [0.05, 0.1) is 35.4 Å². The Hall–Kier alpha value is -2.27. The topological polar surface area (TPSA) is 107 Å². The van der Waals surface area contributed by atoms with Crippen molar-refractivity contribution in [3.8, 4) is 5.75 Å². The SMILES string of the molecule is COc1ccc(S(=O)(=O)NC2CCOC2)cc1C(=O)Nc1ncc(F)cc1Cl. The minimum atomic E-state index is -3.87. The van der Waals surface area contributed by atoms with Crippen molar-refractivity contribution in [1.29, 1.82) is 0 Å². The predicted molar refractivity (Wildman–Crippen MR) is 99.7 cm³/mol. The molecular weight excluding hydrogens is 413 g/mol. The quantitative estimate of drug-likeness (QED) is 0.729. The van der Waals surface area contributed by atoms with Crippen molar-refractivity contribution in [2.45, 2.75) is 17.4 Å². The number of rotatable bonds is 6. The van der Waals surface area contributed by atoms with E-state index in [-0.39, 0.29) is 39.7 Å². The molecule has 0 saturated carbocycles. The molecule has 3 rings (SSSR count). The number of halogens is 2. The number of sulfonamides is 1. The number of carbonyl (C=O) groups is 1. The number of amides is 1. The molecule has 0 spiro atoms. The molecule has 150 valence electrons. The summed E-state index contributed by atoms with van der Waals surface area (Å²) >= 11 is 5.87. The van der Waals surface area contributed by atoms with Crippen LogP contribution in [0.5, 0.6) is 5.75 Å². The van der Waals surface area contributed by atoms with Gasteiger partial charge in [-0.25, -0.2) is 22.5 Å². The summed E-state index contributed by atoms with van der Waals surface area (Å²) in [4.78, 5) is 16.2. The van der Waals surface area contributed by atoms with E-state index in [9.17, 15) is 17.6 Å². The Bertz CT molecular complexity index is 996. The number of benzene rings is 1. The van der Waals surface area contributed by atoms with Crippen LogP contribution in [-0.2, 0) is 14.8 Å². The minimum absolute atomic E-state index is 0.0461. The van der Waals surface area contributed by atoms with Crippen molar-refractivity contribution >= 4 is 33.3 Å². The number of anilines is 1. The maximum Gasteiger partial charge on any atom is 0.260 e. The summed E-state index contributed by atoms with van der Waals surface area (Å²) in [6.45, 7) is 0.770. The molecule has 2 N–H and O–H groups in total. The van der Waals surface area contributed by atoms with E-state index in [1.165, 1.54) is 25.3 Å². The second-order valence-corrected chi connectivity index (χ2v) is 8.10. The maximum absolute atomic E-state index is 13.1. The van der Waals surface area contributed by atoms with Gasteiger partial charge in [-0.1, -0.05) is 11.6 Å². The summed E-state index contributed by atoms with van der Waals surface area (Å²) in [6.07, 6.45) is 1.46. The van der Waals surface area contributed by atoms with E-state index in [4.69, 9.17) is 21.1 Å². The molecule has 1 aromatic heterocycles. The van der Waals surface area contributed by atoms with Crippen molar-refractivity contribution < 1.29 is 27.1 Å². The molecule has 1 saturated heterocycles. The average Bonchev–Trinajstić information content (AvgIpc) is 3.15. The average molecular weight is 430 g/mol. The van der Waals surface area contributed by atoms with E-state index in [0.29, 0.717) is 13.0 Å². The van der Waals surface area contributed by atoms with Crippen LogP contribution >= 0.6 is 11.6 Å². The zero-order valence-electron chi connectivity index (χ0n) is 14.7. The first kappa shape index (κ1) is 20.5. The highest BCUT2D eigenvalue weighted by Crippen LogP contribution is 2.26. The molecule has 1 fully saturated rings. The Balaban J connectivity index is 1.88. The standard InChI is InChI=1S/C17H17ClFN3O5S/c1-26-15-3-2-12(28(24,25)22-11-4-5-27-9-11)7-13(15)17(23)21-16-14(18)6-10(19)8-20-16/h2-3,6-8,11,22H,4-5,9H2,1H3,(H,20,21,23). The molecule has 2 heterocycles. The number of methoxy groups -OCH3 is 1. The lowest BCUT2D eigenvalue weighted by Gasteiger charge is -2.14. The number of nitrogens with one attached hydrogen (secondary N) is 2. The van der Waals surface area contributed by atoms with Crippen LogP contribution in [0.15, 0.2) is 35.4 Å². The second kappa shape index (κ2) is 8.39. The molecule has 0 radical (unpaired) electrons. The van der Waals surface area contributed by atoms with Gasteiger partial charge in [-0.2, -0.15) is 0 Å². The summed E-state index contributed by atoms with van der Waals surface area (Å²) < 4.78 is 51.2. The van der Waals surface area contributed by atoms with Gasteiger partial charge in [-0.3, -0.25) is 4.79 Å². The predicted octanol–water partition coefficient (Wildman–Crippen LogP) is 2.20. The third kappa shape index (κ3) is 4.58. The molecule has 11 heteroatoms. The fraction of sp³-hybridized carbons (Fsp3) is 0.294. The Morgan fingerprint density at radius 2 is 2.18 bits per heavy atom. The van der Waals surface area contributed by atoms with Gasteiger partial charge in [0, 0.05) is 12.6 Å². The number of pyridine rings is 1. The number of nitrogens with zero attached hydrogens (tertiary/aromatic N) is 1. The Morgan fingerprint density at radius 1 is 1.39 bits per heavy atom. The van der Waals surface area contributed by atoms with Gasteiger partial charge in [0.1, 0.15) is 11.6 Å². The lowest BCUT2D eigenvalue weighted by Crippen LogP contribution is -2.35. The van der Waals surface area contributed by atoms with Gasteiger partial charge in [0.15, 0.2) is 5.82 Å².